The molecule has 1 aliphatic carbocycles. The lowest BCUT2D eigenvalue weighted by Crippen LogP contribution is -2.22. The topological polar surface area (TPSA) is 20.2 Å². The Hall–Kier alpha value is -1.08. The number of benzene rings is 1. The van der Waals surface area contributed by atoms with Gasteiger partial charge in [0.25, 0.3) is 0 Å². The lowest BCUT2D eigenvalue weighted by molar-refractivity contribution is 0.116. The van der Waals surface area contributed by atoms with Crippen molar-refractivity contribution in [1.29, 1.82) is 0 Å². The fraction of sp³-hybridized carbons (Fsp3) is 0.500. The molecule has 0 bridgehead atoms. The van der Waals surface area contributed by atoms with Gasteiger partial charge in [-0.15, -0.1) is 0 Å². The quantitative estimate of drug-likeness (QED) is 0.775. The number of hydrogen-bond acceptors (Lipinski definition) is 1. The number of hydrogen-bond donors (Lipinski definition) is 1. The predicted octanol–water partition coefficient (Wildman–Crippen LogP) is 4.10. The highest BCUT2D eigenvalue weighted by molar-refractivity contribution is 5.21. The van der Waals surface area contributed by atoms with Crippen LogP contribution >= 0.6 is 0 Å². The molecule has 0 radical (unpaired) electrons. The van der Waals surface area contributed by atoms with Crippen molar-refractivity contribution in [3.05, 3.63) is 47.5 Å². The van der Waals surface area contributed by atoms with Crippen molar-refractivity contribution < 1.29 is 5.11 Å². The van der Waals surface area contributed by atoms with E-state index in [1.165, 1.54) is 5.57 Å². The second kappa shape index (κ2) is 4.66. The minimum atomic E-state index is -0.334. The van der Waals surface area contributed by atoms with Gasteiger partial charge in [-0.25, -0.2) is 0 Å². The first kappa shape index (κ1) is 12.4. The molecule has 0 fully saturated rings. The zero-order chi connectivity index (χ0) is 12.5. The number of allylic oxidation sites excluding steroid dienone is 2. The summed E-state index contributed by atoms with van der Waals surface area (Å²) in [5, 5.41) is 10.3. The number of aliphatic hydroxyl groups excluding tert-OH is 1. The van der Waals surface area contributed by atoms with Crippen molar-refractivity contribution in [3.8, 4) is 0 Å². The van der Waals surface area contributed by atoms with Crippen LogP contribution in [-0.4, -0.2) is 5.11 Å². The van der Waals surface area contributed by atoms with E-state index >= 15 is 0 Å². The van der Waals surface area contributed by atoms with Gasteiger partial charge in [0.2, 0.25) is 0 Å². The molecular formula is C16H22O. The molecular weight excluding hydrogens is 208 g/mol. The van der Waals surface area contributed by atoms with Crippen molar-refractivity contribution in [3.63, 3.8) is 0 Å². The molecule has 1 aromatic carbocycles. The van der Waals surface area contributed by atoms with Gasteiger partial charge in [-0.2, -0.15) is 0 Å². The van der Waals surface area contributed by atoms with Gasteiger partial charge in [0.1, 0.15) is 0 Å². The first-order valence-electron chi connectivity index (χ1n) is 6.42. The summed E-state index contributed by atoms with van der Waals surface area (Å²) in [6.45, 7) is 6.78. The molecule has 1 N–H and O–H groups in total. The summed E-state index contributed by atoms with van der Waals surface area (Å²) < 4.78 is 0. The molecule has 1 nitrogen and oxygen atoms in total. The Labute approximate surface area is 104 Å². The first-order valence-corrected chi connectivity index (χ1v) is 6.42. The first-order chi connectivity index (χ1) is 8.01. The molecule has 1 aliphatic rings. The summed E-state index contributed by atoms with van der Waals surface area (Å²) in [6, 6.07) is 9.98. The Morgan fingerprint density at radius 3 is 2.47 bits per heavy atom. The summed E-state index contributed by atoms with van der Waals surface area (Å²) >= 11 is 0. The molecule has 0 saturated heterocycles. The van der Waals surface area contributed by atoms with Gasteiger partial charge >= 0.3 is 0 Å². The second-order valence-electron chi connectivity index (χ2n) is 5.70. The lowest BCUT2D eigenvalue weighted by atomic mass is 9.75. The average molecular weight is 230 g/mol. The van der Waals surface area contributed by atoms with Crippen LogP contribution in [-0.2, 0) is 0 Å². The second-order valence-corrected chi connectivity index (χ2v) is 5.70. The standard InChI is InChI=1S/C16H22O/c1-12-9-10-14(16(12,2)3)11-15(17)13-7-5-4-6-8-13/h4-9,14-15,17H,10-11H2,1-3H3. The molecule has 0 spiro atoms. The van der Waals surface area contributed by atoms with Crippen molar-refractivity contribution >= 4 is 0 Å². The Balaban J connectivity index is 2.04. The molecule has 0 heterocycles. The zero-order valence-corrected chi connectivity index (χ0v) is 11.0. The molecule has 0 amide bonds. The Morgan fingerprint density at radius 1 is 1.29 bits per heavy atom. The summed E-state index contributed by atoms with van der Waals surface area (Å²) in [5.74, 6) is 0.553. The van der Waals surface area contributed by atoms with Gasteiger partial charge in [0.05, 0.1) is 6.10 Å². The minimum absolute atomic E-state index is 0.232. The molecule has 1 heteroatoms. The smallest absolute Gasteiger partial charge is 0.0793 e. The van der Waals surface area contributed by atoms with Gasteiger partial charge in [-0.1, -0.05) is 55.8 Å². The monoisotopic (exact) mass is 230 g/mol. The Kier molecular flexibility index (Phi) is 3.39. The molecule has 0 aromatic heterocycles. The Bertz CT molecular complexity index is 403. The largest absolute Gasteiger partial charge is 0.388 e. The third-order valence-electron chi connectivity index (χ3n) is 4.44. The number of aliphatic hydroxyl groups is 1. The van der Waals surface area contributed by atoms with E-state index in [1.54, 1.807) is 0 Å². The van der Waals surface area contributed by atoms with E-state index in [0.717, 1.165) is 18.4 Å². The lowest BCUT2D eigenvalue weighted by Gasteiger charge is -2.31. The van der Waals surface area contributed by atoms with Crippen LogP contribution in [0.2, 0.25) is 0 Å². The molecule has 2 atom stereocenters. The van der Waals surface area contributed by atoms with Gasteiger partial charge in [-0.3, -0.25) is 0 Å². The molecule has 1 aromatic rings. The third kappa shape index (κ3) is 2.44. The Morgan fingerprint density at radius 2 is 1.94 bits per heavy atom. The van der Waals surface area contributed by atoms with Crippen molar-refractivity contribution in [2.75, 3.05) is 0 Å². The van der Waals surface area contributed by atoms with Gasteiger partial charge < -0.3 is 5.11 Å². The van der Waals surface area contributed by atoms with Crippen LogP contribution in [0.3, 0.4) is 0 Å². The molecule has 0 aliphatic heterocycles. The van der Waals surface area contributed by atoms with Crippen molar-refractivity contribution in [2.45, 2.75) is 39.7 Å². The van der Waals surface area contributed by atoms with E-state index in [-0.39, 0.29) is 11.5 Å². The van der Waals surface area contributed by atoms with Crippen molar-refractivity contribution in [2.24, 2.45) is 11.3 Å². The van der Waals surface area contributed by atoms with Gasteiger partial charge in [0.15, 0.2) is 0 Å². The van der Waals surface area contributed by atoms with E-state index in [2.05, 4.69) is 26.8 Å². The predicted molar refractivity (Wildman–Crippen MR) is 71.7 cm³/mol. The maximum atomic E-state index is 10.3. The van der Waals surface area contributed by atoms with Crippen LogP contribution in [0, 0.1) is 11.3 Å². The maximum Gasteiger partial charge on any atom is 0.0793 e. The van der Waals surface area contributed by atoms with E-state index in [1.807, 2.05) is 30.3 Å². The average Bonchev–Trinajstić information content (AvgIpc) is 2.57. The van der Waals surface area contributed by atoms with Crippen LogP contribution in [0.4, 0.5) is 0 Å². The molecule has 92 valence electrons. The SMILES string of the molecule is CC1=CCC(CC(O)c2ccccc2)C1(C)C. The van der Waals surface area contributed by atoms with Gasteiger partial charge in [-0.05, 0) is 36.7 Å². The van der Waals surface area contributed by atoms with Crippen LogP contribution < -0.4 is 0 Å². The fourth-order valence-electron chi connectivity index (χ4n) is 2.67. The van der Waals surface area contributed by atoms with Crippen molar-refractivity contribution in [1.82, 2.24) is 0 Å². The van der Waals surface area contributed by atoms with E-state index in [9.17, 15) is 5.11 Å². The molecule has 2 unspecified atom stereocenters. The summed E-state index contributed by atoms with van der Waals surface area (Å²) in [4.78, 5) is 0. The third-order valence-corrected chi connectivity index (χ3v) is 4.44. The van der Waals surface area contributed by atoms with Gasteiger partial charge in [0, 0.05) is 0 Å². The fourth-order valence-corrected chi connectivity index (χ4v) is 2.67. The molecule has 0 saturated carbocycles. The van der Waals surface area contributed by atoms with E-state index in [0.29, 0.717) is 5.92 Å². The highest BCUT2D eigenvalue weighted by Gasteiger charge is 2.35. The van der Waals surface area contributed by atoms with Crippen LogP contribution in [0.5, 0.6) is 0 Å². The normalized spacial score (nSPS) is 24.5. The maximum absolute atomic E-state index is 10.3. The summed E-state index contributed by atoms with van der Waals surface area (Å²) in [6.07, 6.45) is 3.94. The van der Waals surface area contributed by atoms with Crippen LogP contribution in [0.15, 0.2) is 42.0 Å². The highest BCUT2D eigenvalue weighted by Crippen LogP contribution is 2.46. The van der Waals surface area contributed by atoms with E-state index in [4.69, 9.17) is 0 Å². The zero-order valence-electron chi connectivity index (χ0n) is 11.0. The van der Waals surface area contributed by atoms with E-state index < -0.39 is 0 Å². The molecule has 2 rings (SSSR count). The van der Waals surface area contributed by atoms with Crippen LogP contribution in [0.25, 0.3) is 0 Å². The summed E-state index contributed by atoms with van der Waals surface area (Å²) in [7, 11) is 0. The van der Waals surface area contributed by atoms with Crippen LogP contribution in [0.1, 0.15) is 45.3 Å². The number of rotatable bonds is 3. The highest BCUT2D eigenvalue weighted by atomic mass is 16.3. The molecule has 17 heavy (non-hydrogen) atoms. The minimum Gasteiger partial charge on any atom is -0.388 e. The summed E-state index contributed by atoms with van der Waals surface area (Å²) in [5.41, 5.74) is 2.73.